The summed E-state index contributed by atoms with van der Waals surface area (Å²) in [4.78, 5) is 20.3. The Morgan fingerprint density at radius 2 is 1.89 bits per heavy atom. The standard InChI is InChI=1S/C15H23N3O/c1-3-4-15(19)18-11-9-17(10-12-18)13(2)14-5-7-16-8-6-14/h5-8,13H,3-4,9-12H2,1-2H3. The van der Waals surface area contributed by atoms with Gasteiger partial charge in [0.25, 0.3) is 0 Å². The Morgan fingerprint density at radius 3 is 2.47 bits per heavy atom. The van der Waals surface area contributed by atoms with E-state index in [9.17, 15) is 4.79 Å². The Labute approximate surface area is 115 Å². The Bertz CT molecular complexity index is 399. The second-order valence-electron chi connectivity index (χ2n) is 5.12. The molecule has 1 aliphatic heterocycles. The number of hydrogen-bond acceptors (Lipinski definition) is 3. The van der Waals surface area contributed by atoms with Gasteiger partial charge >= 0.3 is 0 Å². The molecule has 1 saturated heterocycles. The highest BCUT2D eigenvalue weighted by molar-refractivity contribution is 5.76. The zero-order valence-corrected chi connectivity index (χ0v) is 11.9. The van der Waals surface area contributed by atoms with Crippen LogP contribution in [-0.2, 0) is 4.79 Å². The molecule has 4 nitrogen and oxygen atoms in total. The van der Waals surface area contributed by atoms with Crippen LogP contribution < -0.4 is 0 Å². The molecule has 0 bridgehead atoms. The fourth-order valence-electron chi connectivity index (χ4n) is 2.58. The lowest BCUT2D eigenvalue weighted by molar-refractivity contribution is -0.133. The number of amides is 1. The molecule has 1 aromatic rings. The normalized spacial score (nSPS) is 18.3. The van der Waals surface area contributed by atoms with Crippen LogP contribution >= 0.6 is 0 Å². The molecule has 4 heteroatoms. The summed E-state index contributed by atoms with van der Waals surface area (Å²) in [7, 11) is 0. The van der Waals surface area contributed by atoms with Gasteiger partial charge in [0.05, 0.1) is 0 Å². The van der Waals surface area contributed by atoms with Gasteiger partial charge in [-0.1, -0.05) is 6.92 Å². The van der Waals surface area contributed by atoms with Crippen LogP contribution in [-0.4, -0.2) is 46.9 Å². The van der Waals surface area contributed by atoms with Crippen molar-refractivity contribution < 1.29 is 4.79 Å². The minimum absolute atomic E-state index is 0.304. The third-order valence-corrected chi connectivity index (χ3v) is 3.87. The smallest absolute Gasteiger partial charge is 0.222 e. The van der Waals surface area contributed by atoms with Gasteiger partial charge in [-0.3, -0.25) is 14.7 Å². The van der Waals surface area contributed by atoms with Crippen LogP contribution in [0.25, 0.3) is 0 Å². The molecule has 2 heterocycles. The van der Waals surface area contributed by atoms with E-state index >= 15 is 0 Å². The first-order chi connectivity index (χ1) is 9.22. The van der Waals surface area contributed by atoms with Gasteiger partial charge < -0.3 is 4.90 Å². The zero-order valence-electron chi connectivity index (χ0n) is 11.9. The third kappa shape index (κ3) is 3.53. The van der Waals surface area contributed by atoms with Gasteiger partial charge in [0.15, 0.2) is 0 Å². The van der Waals surface area contributed by atoms with Crippen LogP contribution in [0.5, 0.6) is 0 Å². The monoisotopic (exact) mass is 261 g/mol. The molecule has 0 aliphatic carbocycles. The third-order valence-electron chi connectivity index (χ3n) is 3.87. The van der Waals surface area contributed by atoms with E-state index < -0.39 is 0 Å². The number of hydrogen-bond donors (Lipinski definition) is 0. The molecule has 0 spiro atoms. The zero-order chi connectivity index (χ0) is 13.7. The van der Waals surface area contributed by atoms with E-state index in [0.29, 0.717) is 18.4 Å². The average Bonchev–Trinajstić information content (AvgIpc) is 2.48. The fraction of sp³-hybridized carbons (Fsp3) is 0.600. The highest BCUT2D eigenvalue weighted by atomic mass is 16.2. The first kappa shape index (κ1) is 14.0. The van der Waals surface area contributed by atoms with Crippen molar-refractivity contribution >= 4 is 5.91 Å². The number of aromatic nitrogens is 1. The van der Waals surface area contributed by atoms with Crippen LogP contribution in [0.2, 0.25) is 0 Å². The lowest BCUT2D eigenvalue weighted by Crippen LogP contribution is -2.49. The van der Waals surface area contributed by atoms with Crippen LogP contribution in [0.3, 0.4) is 0 Å². The lowest BCUT2D eigenvalue weighted by Gasteiger charge is -2.38. The number of carbonyl (C=O) groups is 1. The largest absolute Gasteiger partial charge is 0.340 e. The van der Waals surface area contributed by atoms with Crippen molar-refractivity contribution in [3.63, 3.8) is 0 Å². The van der Waals surface area contributed by atoms with E-state index in [1.54, 1.807) is 0 Å². The summed E-state index contributed by atoms with van der Waals surface area (Å²) in [6.45, 7) is 7.90. The van der Waals surface area contributed by atoms with Crippen LogP contribution in [0.1, 0.15) is 38.3 Å². The first-order valence-electron chi connectivity index (χ1n) is 7.14. The number of pyridine rings is 1. The van der Waals surface area contributed by atoms with E-state index in [4.69, 9.17) is 0 Å². The Hall–Kier alpha value is -1.42. The van der Waals surface area contributed by atoms with Crippen LogP contribution in [0.15, 0.2) is 24.5 Å². The maximum absolute atomic E-state index is 11.8. The number of carbonyl (C=O) groups excluding carboxylic acids is 1. The molecule has 1 aliphatic rings. The maximum Gasteiger partial charge on any atom is 0.222 e. The molecule has 104 valence electrons. The Kier molecular flexibility index (Phi) is 4.91. The van der Waals surface area contributed by atoms with Crippen LogP contribution in [0.4, 0.5) is 0 Å². The highest BCUT2D eigenvalue weighted by Crippen LogP contribution is 2.20. The van der Waals surface area contributed by atoms with E-state index in [0.717, 1.165) is 32.6 Å². The number of piperazine rings is 1. The second kappa shape index (κ2) is 6.66. The maximum atomic E-state index is 11.8. The van der Waals surface area contributed by atoms with Gasteiger partial charge in [-0.05, 0) is 31.0 Å². The molecule has 1 amide bonds. The Morgan fingerprint density at radius 1 is 1.26 bits per heavy atom. The molecule has 19 heavy (non-hydrogen) atoms. The van der Waals surface area contributed by atoms with Crippen molar-refractivity contribution in [2.24, 2.45) is 0 Å². The van der Waals surface area contributed by atoms with Crippen molar-refractivity contribution in [1.82, 2.24) is 14.8 Å². The van der Waals surface area contributed by atoms with Crippen LogP contribution in [0, 0.1) is 0 Å². The van der Waals surface area contributed by atoms with Gasteiger partial charge in [-0.15, -0.1) is 0 Å². The Balaban J connectivity index is 1.88. The molecule has 1 unspecified atom stereocenters. The van der Waals surface area contributed by atoms with Crippen molar-refractivity contribution in [1.29, 1.82) is 0 Å². The predicted molar refractivity (Wildman–Crippen MR) is 75.7 cm³/mol. The summed E-state index contributed by atoms with van der Waals surface area (Å²) in [5.41, 5.74) is 1.29. The van der Waals surface area contributed by atoms with Crippen molar-refractivity contribution in [3.8, 4) is 0 Å². The minimum atomic E-state index is 0.304. The molecule has 1 fully saturated rings. The fourth-order valence-corrected chi connectivity index (χ4v) is 2.58. The molecule has 0 aromatic carbocycles. The summed E-state index contributed by atoms with van der Waals surface area (Å²) in [6, 6.07) is 4.53. The van der Waals surface area contributed by atoms with Crippen molar-refractivity contribution in [2.75, 3.05) is 26.2 Å². The molecule has 2 rings (SSSR count). The molecular weight excluding hydrogens is 238 g/mol. The van der Waals surface area contributed by atoms with Gasteiger partial charge in [-0.25, -0.2) is 0 Å². The van der Waals surface area contributed by atoms with Crippen molar-refractivity contribution in [2.45, 2.75) is 32.7 Å². The van der Waals surface area contributed by atoms with Crippen molar-refractivity contribution in [3.05, 3.63) is 30.1 Å². The molecule has 0 N–H and O–H groups in total. The summed E-state index contributed by atoms with van der Waals surface area (Å²) in [5.74, 6) is 0.304. The van der Waals surface area contributed by atoms with Gasteiger partial charge in [0, 0.05) is 51.0 Å². The summed E-state index contributed by atoms with van der Waals surface area (Å²) < 4.78 is 0. The lowest BCUT2D eigenvalue weighted by atomic mass is 10.1. The van der Waals surface area contributed by atoms with E-state index in [-0.39, 0.29) is 0 Å². The van der Waals surface area contributed by atoms with E-state index in [1.165, 1.54) is 5.56 Å². The molecule has 1 atom stereocenters. The summed E-state index contributed by atoms with van der Waals surface area (Å²) >= 11 is 0. The molecule has 0 radical (unpaired) electrons. The number of nitrogens with zero attached hydrogens (tertiary/aromatic N) is 3. The SMILES string of the molecule is CCCC(=O)N1CCN(C(C)c2ccncc2)CC1. The molecule has 1 aromatic heterocycles. The van der Waals surface area contributed by atoms with Gasteiger partial charge in [0.2, 0.25) is 5.91 Å². The highest BCUT2D eigenvalue weighted by Gasteiger charge is 2.24. The van der Waals surface area contributed by atoms with Gasteiger partial charge in [-0.2, -0.15) is 0 Å². The van der Waals surface area contributed by atoms with E-state index in [1.807, 2.05) is 17.3 Å². The molecule has 0 saturated carbocycles. The minimum Gasteiger partial charge on any atom is -0.340 e. The topological polar surface area (TPSA) is 36.4 Å². The first-order valence-corrected chi connectivity index (χ1v) is 7.14. The predicted octanol–water partition coefficient (Wildman–Crippen LogP) is 2.09. The average molecular weight is 261 g/mol. The molecular formula is C15H23N3O. The number of rotatable bonds is 4. The van der Waals surface area contributed by atoms with Gasteiger partial charge in [0.1, 0.15) is 0 Å². The van der Waals surface area contributed by atoms with E-state index in [2.05, 4.69) is 35.9 Å². The second-order valence-corrected chi connectivity index (χ2v) is 5.12. The quantitative estimate of drug-likeness (QED) is 0.832. The summed E-state index contributed by atoms with van der Waals surface area (Å²) in [6.07, 6.45) is 5.30. The summed E-state index contributed by atoms with van der Waals surface area (Å²) in [5, 5.41) is 0.